The summed E-state index contributed by atoms with van der Waals surface area (Å²) in [5.74, 6) is 4.76. The molecule has 0 radical (unpaired) electrons. The van der Waals surface area contributed by atoms with Crippen LogP contribution >= 0.6 is 0 Å². The molecule has 3 heterocycles. The van der Waals surface area contributed by atoms with Gasteiger partial charge in [-0.2, -0.15) is 32.8 Å². The number of amides is 2. The first-order valence-corrected chi connectivity index (χ1v) is 19.5. The van der Waals surface area contributed by atoms with Gasteiger partial charge in [0.1, 0.15) is 17.1 Å². The molecule has 16 heteroatoms. The summed E-state index contributed by atoms with van der Waals surface area (Å²) in [6.07, 6.45) is 12.9. The molecule has 0 aliphatic carbocycles. The second kappa shape index (κ2) is 13.9. The van der Waals surface area contributed by atoms with Crippen molar-refractivity contribution >= 4 is 49.0 Å². The van der Waals surface area contributed by atoms with Crippen LogP contribution in [0.4, 0.5) is 21.9 Å². The smallest absolute Gasteiger partial charge is 0.326 e. The average molecular weight is 743 g/mol. The number of hydrogen-bond donors (Lipinski definition) is 6. The molecular formula is C35H46N6O8S2+2. The second-order valence-electron chi connectivity index (χ2n) is 13.9. The van der Waals surface area contributed by atoms with Crippen LogP contribution in [0, 0.1) is 0 Å². The van der Waals surface area contributed by atoms with E-state index in [1.54, 1.807) is 12.1 Å². The Bertz CT molecular complexity index is 2120. The van der Waals surface area contributed by atoms with Gasteiger partial charge in [-0.15, -0.1) is 0 Å². The highest BCUT2D eigenvalue weighted by Gasteiger charge is 2.73. The molecule has 1 saturated heterocycles. The van der Waals surface area contributed by atoms with Crippen LogP contribution in [0.15, 0.2) is 84.6 Å². The van der Waals surface area contributed by atoms with Crippen molar-refractivity contribution in [3.05, 3.63) is 101 Å². The lowest BCUT2D eigenvalue weighted by atomic mass is 9.80. The fourth-order valence-corrected chi connectivity index (χ4v) is 8.88. The molecule has 3 aliphatic heterocycles. The molecule has 0 aromatic heterocycles. The van der Waals surface area contributed by atoms with Crippen LogP contribution < -0.4 is 26.5 Å². The molecule has 274 valence electrons. The minimum Gasteiger partial charge on any atom is -0.341 e. The van der Waals surface area contributed by atoms with Gasteiger partial charge in [-0.1, -0.05) is 36.4 Å². The van der Waals surface area contributed by atoms with Gasteiger partial charge in [-0.3, -0.25) is 9.11 Å². The number of fused-ring (bicyclic) bond motifs is 3. The summed E-state index contributed by atoms with van der Waals surface area (Å²) in [6.45, 7) is 10.2. The Morgan fingerprint density at radius 3 is 2.33 bits per heavy atom. The van der Waals surface area contributed by atoms with Crippen molar-refractivity contribution in [2.45, 2.75) is 56.9 Å². The van der Waals surface area contributed by atoms with E-state index in [0.29, 0.717) is 5.69 Å². The summed E-state index contributed by atoms with van der Waals surface area (Å²) in [4.78, 5) is 16.6. The minimum atomic E-state index is -4.35. The summed E-state index contributed by atoms with van der Waals surface area (Å²) in [5.41, 5.74) is 8.10. The van der Waals surface area contributed by atoms with Gasteiger partial charge in [-0.25, -0.2) is 14.2 Å². The maximum atomic E-state index is 12.4. The van der Waals surface area contributed by atoms with Gasteiger partial charge in [0.2, 0.25) is 5.69 Å². The van der Waals surface area contributed by atoms with E-state index in [2.05, 4.69) is 21.1 Å². The number of benzene rings is 2. The van der Waals surface area contributed by atoms with Crippen LogP contribution in [0.1, 0.15) is 57.4 Å². The number of hydrogen-bond acceptors (Lipinski definition) is 8. The van der Waals surface area contributed by atoms with Crippen LogP contribution in [0.25, 0.3) is 0 Å². The standard InChI is InChI=1S/C35H44N6O8S2/c1-23(39-49-36)24-14-16-28-26(20-24)34(2,3)30(40(28)18-19-50(43,44)45)12-10-8-7-9-11-13-31-35(4,5)27-21-25(38-33(42)37-6)15-17-29(27)41(31)22-32(41)51(46,47)48/h7-17,20-21,23,32,39H,18-19,22,36H2,1-6H3,(H2-2,37,38,42,43,44,45,46,47,48)/p+2/b8-7+,11-9+,12-10+,31-13+. The van der Waals surface area contributed by atoms with E-state index in [4.69, 9.17) is 5.90 Å². The van der Waals surface area contributed by atoms with Crippen LogP contribution in [-0.4, -0.2) is 73.5 Å². The lowest BCUT2D eigenvalue weighted by molar-refractivity contribution is -0.432. The quantitative estimate of drug-likeness (QED) is 0.0457. The Morgan fingerprint density at radius 1 is 1.02 bits per heavy atom. The number of carbonyl (C=O) groups excluding carboxylic acids is 1. The third kappa shape index (κ3) is 7.36. The molecule has 7 N–H and O–H groups in total. The summed E-state index contributed by atoms with van der Waals surface area (Å²) >= 11 is 0. The molecule has 2 amide bonds. The number of anilines is 1. The van der Waals surface area contributed by atoms with Gasteiger partial charge in [0.15, 0.2) is 18.8 Å². The Balaban J connectivity index is 1.42. The first-order chi connectivity index (χ1) is 23.8. The summed E-state index contributed by atoms with van der Waals surface area (Å²) in [5, 5.41) is 4.26. The van der Waals surface area contributed by atoms with E-state index in [-0.39, 0.29) is 29.6 Å². The largest absolute Gasteiger partial charge is 0.341 e. The zero-order chi connectivity index (χ0) is 37.6. The molecule has 2 aromatic rings. The monoisotopic (exact) mass is 742 g/mol. The van der Waals surface area contributed by atoms with Crippen molar-refractivity contribution in [3.8, 4) is 0 Å². The van der Waals surface area contributed by atoms with Gasteiger partial charge in [0.05, 0.1) is 16.9 Å². The molecule has 0 bridgehead atoms. The zero-order valence-electron chi connectivity index (χ0n) is 29.4. The number of nitrogens with two attached hydrogens (primary N) is 1. The number of nitrogens with one attached hydrogen (secondary N) is 3. The molecule has 1 spiro atoms. The number of quaternary nitrogens is 1. The van der Waals surface area contributed by atoms with Crippen molar-refractivity contribution in [2.24, 2.45) is 5.90 Å². The number of carbonyl (C=O) groups is 1. The van der Waals surface area contributed by atoms with Gasteiger partial charge in [0, 0.05) is 42.1 Å². The average Bonchev–Trinajstić information content (AvgIpc) is 3.73. The number of hydroxylamine groups is 1. The zero-order valence-corrected chi connectivity index (χ0v) is 31.0. The van der Waals surface area contributed by atoms with Gasteiger partial charge >= 0.3 is 16.1 Å². The minimum absolute atomic E-state index is 0.0153. The van der Waals surface area contributed by atoms with Gasteiger partial charge < -0.3 is 10.6 Å². The Hall–Kier alpha value is -4.00. The maximum Gasteiger partial charge on any atom is 0.326 e. The molecule has 0 saturated carbocycles. The molecule has 3 aliphatic rings. The predicted molar refractivity (Wildman–Crippen MR) is 198 cm³/mol. The maximum absolute atomic E-state index is 12.4. The lowest BCUT2D eigenvalue weighted by Gasteiger charge is -2.21. The van der Waals surface area contributed by atoms with E-state index < -0.39 is 42.2 Å². The lowest BCUT2D eigenvalue weighted by Crippen LogP contribution is -2.33. The fraction of sp³-hybridized carbons (Fsp3) is 0.371. The third-order valence-electron chi connectivity index (χ3n) is 9.99. The van der Waals surface area contributed by atoms with Crippen molar-refractivity contribution in [1.29, 1.82) is 0 Å². The van der Waals surface area contributed by atoms with Crippen molar-refractivity contribution < 1.29 is 40.2 Å². The summed E-state index contributed by atoms with van der Waals surface area (Å²) < 4.78 is 69.6. The SMILES string of the molecule is CNC(=O)Nc1ccc2c(c1)C(C)(C)\C(=C/C=C/C=C/C=C/C1=[N+](CCS(=O)(=O)O)c3ccc(C(C)NON)cc3C1(C)C)[N+]21CC1S(=O)(=O)O. The Labute approximate surface area is 299 Å². The van der Waals surface area contributed by atoms with Crippen LogP contribution in [0.2, 0.25) is 0 Å². The molecule has 51 heavy (non-hydrogen) atoms. The van der Waals surface area contributed by atoms with E-state index >= 15 is 0 Å². The highest BCUT2D eigenvalue weighted by atomic mass is 32.2. The normalized spacial score (nSPS) is 23.5. The van der Waals surface area contributed by atoms with Crippen LogP contribution in [-0.2, 0) is 36.0 Å². The Kier molecular flexibility index (Phi) is 10.4. The highest BCUT2D eigenvalue weighted by Crippen LogP contribution is 2.61. The van der Waals surface area contributed by atoms with E-state index in [0.717, 1.165) is 39.5 Å². The van der Waals surface area contributed by atoms with E-state index in [9.17, 15) is 30.7 Å². The van der Waals surface area contributed by atoms with Crippen molar-refractivity contribution in [1.82, 2.24) is 15.3 Å². The molecule has 3 atom stereocenters. The topological polar surface area (TPSA) is 200 Å². The molecule has 2 aromatic carbocycles. The molecule has 1 fully saturated rings. The highest BCUT2D eigenvalue weighted by molar-refractivity contribution is 7.86. The van der Waals surface area contributed by atoms with Crippen molar-refractivity contribution in [2.75, 3.05) is 31.2 Å². The molecular weight excluding hydrogens is 697 g/mol. The summed E-state index contributed by atoms with van der Waals surface area (Å²) in [7, 11) is -7.05. The molecule has 14 nitrogen and oxygen atoms in total. The third-order valence-corrected chi connectivity index (χ3v) is 11.9. The van der Waals surface area contributed by atoms with Crippen LogP contribution in [0.3, 0.4) is 0 Å². The van der Waals surface area contributed by atoms with E-state index in [1.807, 2.05) is 106 Å². The van der Waals surface area contributed by atoms with Gasteiger partial charge in [-0.05, 0) is 64.5 Å². The molecule has 3 unspecified atom stereocenters. The van der Waals surface area contributed by atoms with Gasteiger partial charge in [0.25, 0.3) is 15.5 Å². The number of nitrogens with zero attached hydrogens (tertiary/aromatic N) is 2. The molecule has 5 rings (SSSR count). The Morgan fingerprint density at radius 2 is 1.71 bits per heavy atom. The van der Waals surface area contributed by atoms with Crippen molar-refractivity contribution in [3.63, 3.8) is 0 Å². The van der Waals surface area contributed by atoms with Crippen LogP contribution in [0.5, 0.6) is 0 Å². The number of rotatable bonds is 12. The number of urea groups is 1. The second-order valence-corrected chi connectivity index (χ2v) is 17.1. The first-order valence-electron chi connectivity index (χ1n) is 16.4. The predicted octanol–water partition coefficient (Wildman–Crippen LogP) is 4.24. The first kappa shape index (κ1) is 38.2. The van der Waals surface area contributed by atoms with E-state index in [1.165, 1.54) is 7.05 Å². The summed E-state index contributed by atoms with van der Waals surface area (Å²) in [6, 6.07) is 10.6. The number of allylic oxidation sites excluding steroid dienone is 8. The fourth-order valence-electron chi connectivity index (χ4n) is 7.36.